The third-order valence-corrected chi connectivity index (χ3v) is 4.69. The zero-order valence-electron chi connectivity index (χ0n) is 16.7. The van der Waals surface area contributed by atoms with Crippen LogP contribution in [0.4, 0.5) is 31.9 Å². The number of halogens is 2. The highest BCUT2D eigenvalue weighted by Gasteiger charge is 2.19. The number of rotatable bonds is 6. The van der Waals surface area contributed by atoms with Crippen LogP contribution >= 0.6 is 0 Å². The van der Waals surface area contributed by atoms with Crippen LogP contribution in [0, 0.1) is 0 Å². The number of anilines is 4. The normalized spacial score (nSPS) is 13.4. The van der Waals surface area contributed by atoms with Gasteiger partial charge in [0, 0.05) is 37.7 Å². The minimum atomic E-state index is -3.23. The molecule has 1 aliphatic rings. The highest BCUT2D eigenvalue weighted by atomic mass is 19.3. The van der Waals surface area contributed by atoms with E-state index in [0.717, 1.165) is 28.2 Å². The van der Waals surface area contributed by atoms with Crippen molar-refractivity contribution in [2.45, 2.75) is 31.7 Å². The van der Waals surface area contributed by atoms with Crippen molar-refractivity contribution in [2.24, 2.45) is 0 Å². The number of H-pyrrole nitrogens is 1. The first-order valence-electron chi connectivity index (χ1n) is 9.50. The number of carboxylic acids is 1. The summed E-state index contributed by atoms with van der Waals surface area (Å²) in [7, 11) is 4.06. The Labute approximate surface area is 172 Å². The SMILES string of the molecule is CN(C)c1ccc(Nc2nc(NC3CCC3)c3cc[nH]c3n2)cc1.O=C(O)C(F)F. The van der Waals surface area contributed by atoms with E-state index in [1.54, 1.807) is 0 Å². The molecule has 2 heterocycles. The van der Waals surface area contributed by atoms with Crippen LogP contribution < -0.4 is 15.5 Å². The largest absolute Gasteiger partial charge is 0.477 e. The third-order valence-electron chi connectivity index (χ3n) is 4.69. The summed E-state index contributed by atoms with van der Waals surface area (Å²) < 4.78 is 21.1. The zero-order chi connectivity index (χ0) is 21.7. The fourth-order valence-electron chi connectivity index (χ4n) is 2.83. The summed E-state index contributed by atoms with van der Waals surface area (Å²) in [5, 5.41) is 15.1. The molecule has 0 saturated heterocycles. The number of hydrogen-bond acceptors (Lipinski definition) is 6. The van der Waals surface area contributed by atoms with E-state index < -0.39 is 12.4 Å². The number of nitrogens with zero attached hydrogens (tertiary/aromatic N) is 3. The molecule has 1 saturated carbocycles. The maximum atomic E-state index is 10.6. The Bertz CT molecular complexity index is 987. The van der Waals surface area contributed by atoms with Crippen LogP contribution in [0.25, 0.3) is 11.0 Å². The lowest BCUT2D eigenvalue weighted by atomic mass is 9.93. The molecule has 10 heteroatoms. The van der Waals surface area contributed by atoms with Gasteiger partial charge < -0.3 is 25.6 Å². The lowest BCUT2D eigenvalue weighted by molar-refractivity contribution is -0.149. The number of carboxylic acid groups (broad SMARTS) is 1. The van der Waals surface area contributed by atoms with E-state index in [4.69, 9.17) is 9.90 Å². The number of hydrogen-bond donors (Lipinski definition) is 4. The molecule has 0 radical (unpaired) electrons. The molecular formula is C20H24F2N6O2. The molecule has 0 spiro atoms. The van der Waals surface area contributed by atoms with Crippen LogP contribution in [0.5, 0.6) is 0 Å². The number of benzene rings is 1. The average Bonchev–Trinajstić information content (AvgIpc) is 3.14. The molecule has 0 amide bonds. The summed E-state index contributed by atoms with van der Waals surface area (Å²) in [6.45, 7) is 0. The number of aromatic amines is 1. The van der Waals surface area contributed by atoms with E-state index in [-0.39, 0.29) is 0 Å². The van der Waals surface area contributed by atoms with Crippen molar-refractivity contribution in [3.8, 4) is 0 Å². The van der Waals surface area contributed by atoms with Gasteiger partial charge in [0.1, 0.15) is 11.5 Å². The highest BCUT2D eigenvalue weighted by Crippen LogP contribution is 2.28. The average molecular weight is 418 g/mol. The Morgan fingerprint density at radius 2 is 1.87 bits per heavy atom. The Morgan fingerprint density at radius 1 is 1.20 bits per heavy atom. The van der Waals surface area contributed by atoms with E-state index >= 15 is 0 Å². The van der Waals surface area contributed by atoms with Gasteiger partial charge >= 0.3 is 12.4 Å². The van der Waals surface area contributed by atoms with E-state index in [1.807, 2.05) is 38.5 Å². The lowest BCUT2D eigenvalue weighted by Gasteiger charge is -2.27. The Balaban J connectivity index is 0.000000377. The molecule has 8 nitrogen and oxygen atoms in total. The second-order valence-corrected chi connectivity index (χ2v) is 7.11. The van der Waals surface area contributed by atoms with Gasteiger partial charge in [-0.3, -0.25) is 0 Å². The number of fused-ring (bicyclic) bond motifs is 1. The van der Waals surface area contributed by atoms with Gasteiger partial charge in [-0.05, 0) is 49.6 Å². The predicted octanol–water partition coefficient (Wildman–Crippen LogP) is 4.07. The minimum Gasteiger partial charge on any atom is -0.477 e. The van der Waals surface area contributed by atoms with Crippen LogP contribution in [0.2, 0.25) is 0 Å². The molecule has 2 aromatic heterocycles. The quantitative estimate of drug-likeness (QED) is 0.478. The van der Waals surface area contributed by atoms with Gasteiger partial charge in [0.05, 0.1) is 5.39 Å². The number of carbonyl (C=O) groups is 1. The molecule has 1 aliphatic carbocycles. The molecule has 0 aliphatic heterocycles. The van der Waals surface area contributed by atoms with Crippen molar-refractivity contribution in [3.63, 3.8) is 0 Å². The van der Waals surface area contributed by atoms with Crippen molar-refractivity contribution >= 4 is 40.1 Å². The Hall–Kier alpha value is -3.43. The van der Waals surface area contributed by atoms with Crippen LogP contribution in [0.1, 0.15) is 19.3 Å². The van der Waals surface area contributed by atoms with E-state index in [9.17, 15) is 8.78 Å². The second-order valence-electron chi connectivity index (χ2n) is 7.11. The molecule has 160 valence electrons. The molecule has 1 aromatic carbocycles. The predicted molar refractivity (Wildman–Crippen MR) is 113 cm³/mol. The zero-order valence-corrected chi connectivity index (χ0v) is 16.7. The smallest absolute Gasteiger partial charge is 0.371 e. The van der Waals surface area contributed by atoms with Gasteiger partial charge in [0.25, 0.3) is 0 Å². The molecule has 4 rings (SSSR count). The number of aliphatic carboxylic acids is 1. The maximum Gasteiger partial charge on any atom is 0.371 e. The highest BCUT2D eigenvalue weighted by molar-refractivity contribution is 5.88. The van der Waals surface area contributed by atoms with Crippen molar-refractivity contribution in [1.82, 2.24) is 15.0 Å². The summed E-state index contributed by atoms with van der Waals surface area (Å²) in [4.78, 5) is 23.5. The van der Waals surface area contributed by atoms with Crippen molar-refractivity contribution < 1.29 is 18.7 Å². The second kappa shape index (κ2) is 9.38. The van der Waals surface area contributed by atoms with Crippen molar-refractivity contribution in [3.05, 3.63) is 36.5 Å². The summed E-state index contributed by atoms with van der Waals surface area (Å²) in [5.74, 6) is -0.572. The Morgan fingerprint density at radius 3 is 2.40 bits per heavy atom. The number of alkyl halides is 2. The van der Waals surface area contributed by atoms with Gasteiger partial charge in [-0.15, -0.1) is 0 Å². The first-order valence-corrected chi connectivity index (χ1v) is 9.50. The van der Waals surface area contributed by atoms with E-state index in [1.165, 1.54) is 19.3 Å². The van der Waals surface area contributed by atoms with Gasteiger partial charge in [-0.2, -0.15) is 18.7 Å². The molecular weight excluding hydrogens is 394 g/mol. The van der Waals surface area contributed by atoms with Crippen molar-refractivity contribution in [2.75, 3.05) is 29.6 Å². The van der Waals surface area contributed by atoms with E-state index in [2.05, 4.69) is 42.6 Å². The van der Waals surface area contributed by atoms with Gasteiger partial charge in [0.15, 0.2) is 0 Å². The van der Waals surface area contributed by atoms with Crippen LogP contribution in [-0.4, -0.2) is 52.6 Å². The molecule has 30 heavy (non-hydrogen) atoms. The van der Waals surface area contributed by atoms with Crippen molar-refractivity contribution in [1.29, 1.82) is 0 Å². The standard InChI is InChI=1S/C18H22N6.C2H2F2O2/c1-24(2)14-8-6-13(7-9-14)21-18-22-16-15(10-11-19-16)17(23-18)20-12-4-3-5-12;3-1(4)2(5)6/h6-12H,3-5H2,1-2H3,(H3,19,20,21,22,23);1H,(H,5,6). The summed E-state index contributed by atoms with van der Waals surface area (Å²) in [6.07, 6.45) is 2.39. The first-order chi connectivity index (χ1) is 14.3. The van der Waals surface area contributed by atoms with Crippen LogP contribution in [0.15, 0.2) is 36.5 Å². The lowest BCUT2D eigenvalue weighted by Crippen LogP contribution is -2.27. The summed E-state index contributed by atoms with van der Waals surface area (Å²) >= 11 is 0. The third kappa shape index (κ3) is 5.34. The summed E-state index contributed by atoms with van der Waals surface area (Å²) in [5.41, 5.74) is 2.98. The van der Waals surface area contributed by atoms with Crippen LogP contribution in [0.3, 0.4) is 0 Å². The molecule has 0 bridgehead atoms. The molecule has 0 unspecified atom stereocenters. The molecule has 0 atom stereocenters. The fraction of sp³-hybridized carbons (Fsp3) is 0.350. The Kier molecular flexibility index (Phi) is 6.65. The monoisotopic (exact) mass is 418 g/mol. The molecule has 3 aromatic rings. The molecule has 4 N–H and O–H groups in total. The van der Waals surface area contributed by atoms with E-state index in [0.29, 0.717) is 12.0 Å². The topological polar surface area (TPSA) is 106 Å². The number of aromatic nitrogens is 3. The van der Waals surface area contributed by atoms with Gasteiger partial charge in [0.2, 0.25) is 5.95 Å². The van der Waals surface area contributed by atoms with Crippen LogP contribution in [-0.2, 0) is 4.79 Å². The first kappa shape index (κ1) is 21.3. The summed E-state index contributed by atoms with van der Waals surface area (Å²) in [6, 6.07) is 10.8. The maximum absolute atomic E-state index is 10.6. The minimum absolute atomic E-state index is 0.533. The van der Waals surface area contributed by atoms with Gasteiger partial charge in [-0.1, -0.05) is 0 Å². The molecule has 1 fully saturated rings. The number of nitrogens with one attached hydrogen (secondary N) is 3. The van der Waals surface area contributed by atoms with Gasteiger partial charge in [-0.25, -0.2) is 4.79 Å². The fourth-order valence-corrected chi connectivity index (χ4v) is 2.83.